The highest BCUT2D eigenvalue weighted by molar-refractivity contribution is 5.48. The summed E-state index contributed by atoms with van der Waals surface area (Å²) < 4.78 is 42.8. The van der Waals surface area contributed by atoms with Crippen LogP contribution >= 0.6 is 0 Å². The Morgan fingerprint density at radius 1 is 1.10 bits per heavy atom. The molecule has 1 N–H and O–H groups in total. The molecule has 0 amide bonds. The van der Waals surface area contributed by atoms with E-state index in [1.165, 1.54) is 18.5 Å². The second kappa shape index (κ2) is 5.36. The first-order valence-electron chi connectivity index (χ1n) is 5.76. The fourth-order valence-corrected chi connectivity index (χ4v) is 1.61. The maximum atomic E-state index is 12.4. The van der Waals surface area contributed by atoms with E-state index in [9.17, 15) is 13.2 Å². The lowest BCUT2D eigenvalue weighted by Gasteiger charge is -2.11. The minimum Gasteiger partial charge on any atom is -0.439 e. The molecule has 0 saturated carbocycles. The van der Waals surface area contributed by atoms with Crippen LogP contribution in [0.15, 0.2) is 30.6 Å². The van der Waals surface area contributed by atoms with Gasteiger partial charge in [-0.15, -0.1) is 0 Å². The Hall–Kier alpha value is -2.31. The molecule has 0 bridgehead atoms. The van der Waals surface area contributed by atoms with Gasteiger partial charge >= 0.3 is 6.18 Å². The van der Waals surface area contributed by atoms with Crippen LogP contribution in [0.1, 0.15) is 11.1 Å². The van der Waals surface area contributed by atoms with Crippen molar-refractivity contribution in [2.45, 2.75) is 13.1 Å². The minimum atomic E-state index is -4.36. The molecule has 1 aromatic carbocycles. The van der Waals surface area contributed by atoms with Crippen LogP contribution in [0, 0.1) is 6.92 Å². The van der Waals surface area contributed by atoms with Crippen molar-refractivity contribution >= 4 is 5.82 Å². The molecule has 7 heteroatoms. The van der Waals surface area contributed by atoms with Crippen molar-refractivity contribution in [1.82, 2.24) is 9.97 Å². The molecule has 0 aliphatic heterocycles. The van der Waals surface area contributed by atoms with Crippen molar-refractivity contribution in [3.8, 4) is 11.6 Å². The van der Waals surface area contributed by atoms with Gasteiger partial charge in [0.1, 0.15) is 17.9 Å². The SMILES string of the molecule is CNc1ncnc(Oc2ccc(C(F)(F)F)cc2)c1C. The standard InChI is InChI=1S/C13H12F3N3O/c1-8-11(17-2)18-7-19-12(8)20-10-5-3-9(4-6-10)13(14,15)16/h3-7H,1-2H3,(H,17,18,19). The normalized spacial score (nSPS) is 11.2. The van der Waals surface area contributed by atoms with Gasteiger partial charge in [0, 0.05) is 7.05 Å². The summed E-state index contributed by atoms with van der Waals surface area (Å²) >= 11 is 0. The summed E-state index contributed by atoms with van der Waals surface area (Å²) in [6.07, 6.45) is -3.04. The molecule has 20 heavy (non-hydrogen) atoms. The molecule has 0 aliphatic carbocycles. The molecule has 0 atom stereocenters. The third-order valence-electron chi connectivity index (χ3n) is 2.67. The third kappa shape index (κ3) is 2.98. The summed E-state index contributed by atoms with van der Waals surface area (Å²) in [4.78, 5) is 7.95. The molecule has 0 spiro atoms. The third-order valence-corrected chi connectivity index (χ3v) is 2.67. The Labute approximate surface area is 113 Å². The van der Waals surface area contributed by atoms with E-state index in [4.69, 9.17) is 4.74 Å². The number of nitrogens with one attached hydrogen (secondary N) is 1. The van der Waals surface area contributed by atoms with Gasteiger partial charge in [-0.2, -0.15) is 13.2 Å². The minimum absolute atomic E-state index is 0.279. The van der Waals surface area contributed by atoms with Crippen molar-refractivity contribution in [2.75, 3.05) is 12.4 Å². The summed E-state index contributed by atoms with van der Waals surface area (Å²) in [6.45, 7) is 1.76. The van der Waals surface area contributed by atoms with Crippen LogP contribution < -0.4 is 10.1 Å². The zero-order chi connectivity index (χ0) is 14.8. The second-order valence-electron chi connectivity index (χ2n) is 4.03. The highest BCUT2D eigenvalue weighted by atomic mass is 19.4. The number of ether oxygens (including phenoxy) is 1. The maximum absolute atomic E-state index is 12.4. The number of benzene rings is 1. The molecular formula is C13H12F3N3O. The van der Waals surface area contributed by atoms with Crippen LogP contribution in [-0.4, -0.2) is 17.0 Å². The summed E-state index contributed by atoms with van der Waals surface area (Å²) in [5, 5.41) is 2.87. The number of hydrogen-bond acceptors (Lipinski definition) is 4. The molecule has 1 aromatic heterocycles. The van der Waals surface area contributed by atoms with Gasteiger partial charge in [-0.1, -0.05) is 0 Å². The molecule has 1 heterocycles. The fourth-order valence-electron chi connectivity index (χ4n) is 1.61. The summed E-state index contributed by atoms with van der Waals surface area (Å²) in [5.41, 5.74) is -0.0462. The highest BCUT2D eigenvalue weighted by Crippen LogP contribution is 2.32. The van der Waals surface area contributed by atoms with Crippen LogP contribution in [0.25, 0.3) is 0 Å². The van der Waals surface area contributed by atoms with Crippen LogP contribution in [0.5, 0.6) is 11.6 Å². The number of halogens is 3. The molecule has 0 unspecified atom stereocenters. The number of alkyl halides is 3. The first kappa shape index (κ1) is 14.1. The van der Waals surface area contributed by atoms with Crippen molar-refractivity contribution in [1.29, 1.82) is 0 Å². The van der Waals surface area contributed by atoms with E-state index < -0.39 is 11.7 Å². The van der Waals surface area contributed by atoms with E-state index in [-0.39, 0.29) is 5.75 Å². The first-order valence-corrected chi connectivity index (χ1v) is 5.76. The molecule has 0 saturated heterocycles. The van der Waals surface area contributed by atoms with E-state index >= 15 is 0 Å². The van der Waals surface area contributed by atoms with Crippen molar-refractivity contribution < 1.29 is 17.9 Å². The van der Waals surface area contributed by atoms with Gasteiger partial charge in [-0.25, -0.2) is 9.97 Å². The quantitative estimate of drug-likeness (QED) is 0.934. The largest absolute Gasteiger partial charge is 0.439 e. The summed E-state index contributed by atoms with van der Waals surface area (Å²) in [7, 11) is 1.71. The number of hydrogen-bond donors (Lipinski definition) is 1. The van der Waals surface area contributed by atoms with E-state index in [0.717, 1.165) is 12.1 Å². The van der Waals surface area contributed by atoms with Crippen molar-refractivity contribution in [3.05, 3.63) is 41.7 Å². The highest BCUT2D eigenvalue weighted by Gasteiger charge is 2.30. The lowest BCUT2D eigenvalue weighted by Crippen LogP contribution is -2.04. The number of rotatable bonds is 3. The van der Waals surface area contributed by atoms with Gasteiger partial charge in [-0.3, -0.25) is 0 Å². The maximum Gasteiger partial charge on any atom is 0.416 e. The smallest absolute Gasteiger partial charge is 0.416 e. The lowest BCUT2D eigenvalue weighted by atomic mass is 10.2. The Morgan fingerprint density at radius 2 is 1.75 bits per heavy atom. The molecule has 2 rings (SSSR count). The number of anilines is 1. The zero-order valence-corrected chi connectivity index (χ0v) is 10.8. The van der Waals surface area contributed by atoms with E-state index in [0.29, 0.717) is 17.3 Å². The van der Waals surface area contributed by atoms with Crippen LogP contribution in [0.3, 0.4) is 0 Å². The molecule has 0 radical (unpaired) electrons. The predicted octanol–water partition coefficient (Wildman–Crippen LogP) is 3.64. The Bertz CT molecular complexity index is 597. The first-order chi connectivity index (χ1) is 9.41. The molecule has 4 nitrogen and oxygen atoms in total. The average molecular weight is 283 g/mol. The van der Waals surface area contributed by atoms with Crippen LogP contribution in [0.2, 0.25) is 0 Å². The van der Waals surface area contributed by atoms with Gasteiger partial charge in [-0.05, 0) is 31.2 Å². The molecule has 106 valence electrons. The summed E-state index contributed by atoms with van der Waals surface area (Å²) in [5.74, 6) is 1.17. The molecule has 0 aliphatic rings. The van der Waals surface area contributed by atoms with Gasteiger partial charge in [0.15, 0.2) is 0 Å². The van der Waals surface area contributed by atoms with E-state index in [1.54, 1.807) is 14.0 Å². The lowest BCUT2D eigenvalue weighted by molar-refractivity contribution is -0.137. The van der Waals surface area contributed by atoms with Gasteiger partial charge < -0.3 is 10.1 Å². The Balaban J connectivity index is 2.23. The predicted molar refractivity (Wildman–Crippen MR) is 67.8 cm³/mol. The molecule has 0 fully saturated rings. The van der Waals surface area contributed by atoms with Crippen LogP contribution in [0.4, 0.5) is 19.0 Å². The topological polar surface area (TPSA) is 47.0 Å². The van der Waals surface area contributed by atoms with Crippen molar-refractivity contribution in [3.63, 3.8) is 0 Å². The van der Waals surface area contributed by atoms with Crippen molar-refractivity contribution in [2.24, 2.45) is 0 Å². The Morgan fingerprint density at radius 3 is 2.30 bits per heavy atom. The van der Waals surface area contributed by atoms with Gasteiger partial charge in [0.2, 0.25) is 5.88 Å². The van der Waals surface area contributed by atoms with Gasteiger partial charge in [0.25, 0.3) is 0 Å². The zero-order valence-electron chi connectivity index (χ0n) is 10.8. The number of nitrogens with zero attached hydrogens (tertiary/aromatic N) is 2. The average Bonchev–Trinajstić information content (AvgIpc) is 2.41. The summed E-state index contributed by atoms with van der Waals surface area (Å²) in [6, 6.07) is 4.43. The Kier molecular flexibility index (Phi) is 3.78. The van der Waals surface area contributed by atoms with Gasteiger partial charge in [0.05, 0.1) is 11.1 Å². The second-order valence-corrected chi connectivity index (χ2v) is 4.03. The number of aromatic nitrogens is 2. The van der Waals surface area contributed by atoms with E-state index in [2.05, 4.69) is 15.3 Å². The van der Waals surface area contributed by atoms with E-state index in [1.807, 2.05) is 0 Å². The fraction of sp³-hybridized carbons (Fsp3) is 0.231. The monoisotopic (exact) mass is 283 g/mol. The van der Waals surface area contributed by atoms with Crippen LogP contribution in [-0.2, 0) is 6.18 Å². The molecule has 2 aromatic rings. The molecular weight excluding hydrogens is 271 g/mol.